The highest BCUT2D eigenvalue weighted by molar-refractivity contribution is 7.10. The van der Waals surface area contributed by atoms with E-state index in [2.05, 4.69) is 28.5 Å². The Morgan fingerprint density at radius 1 is 1.26 bits per heavy atom. The summed E-state index contributed by atoms with van der Waals surface area (Å²) in [5.41, 5.74) is 2.72. The lowest BCUT2D eigenvalue weighted by Gasteiger charge is -2.27. The van der Waals surface area contributed by atoms with E-state index in [0.29, 0.717) is 0 Å². The van der Waals surface area contributed by atoms with Crippen molar-refractivity contribution in [2.24, 2.45) is 0 Å². The smallest absolute Gasteiger partial charge is 0.106 e. The number of fused-ring (bicyclic) bond motifs is 1. The molecule has 1 aromatic carbocycles. The van der Waals surface area contributed by atoms with E-state index in [1.54, 1.807) is 4.88 Å². The number of thiophene rings is 1. The molecule has 0 fully saturated rings. The van der Waals surface area contributed by atoms with Crippen molar-refractivity contribution in [2.75, 3.05) is 6.54 Å². The van der Waals surface area contributed by atoms with Gasteiger partial charge in [0.15, 0.2) is 0 Å². The monoisotopic (exact) mass is 293 g/mol. The van der Waals surface area contributed by atoms with Gasteiger partial charge < -0.3 is 4.79 Å². The van der Waals surface area contributed by atoms with Crippen LogP contribution in [0.4, 0.5) is 0 Å². The molecule has 0 saturated carbocycles. The number of halogens is 1. The highest BCUT2D eigenvalue weighted by Crippen LogP contribution is 2.26. The predicted octanol–water partition coefficient (Wildman–Crippen LogP) is 3.77. The predicted molar refractivity (Wildman–Crippen MR) is 80.7 cm³/mol. The molecule has 2 nitrogen and oxygen atoms in total. The quantitative estimate of drug-likeness (QED) is 0.840. The molecule has 1 aliphatic rings. The van der Waals surface area contributed by atoms with Gasteiger partial charge in [-0.15, -0.1) is 11.3 Å². The Kier molecular flexibility index (Phi) is 5.14. The highest BCUT2D eigenvalue weighted by Gasteiger charge is 2.17. The zero-order valence-electron chi connectivity index (χ0n) is 10.6. The third-order valence-electron chi connectivity index (χ3n) is 3.24. The van der Waals surface area contributed by atoms with Crippen molar-refractivity contribution in [3.8, 4) is 0 Å². The topological polar surface area (TPSA) is 20.3 Å². The maximum atomic E-state index is 8.00. The van der Waals surface area contributed by atoms with Crippen molar-refractivity contribution in [3.05, 3.63) is 56.7 Å². The van der Waals surface area contributed by atoms with E-state index in [-0.39, 0.29) is 0 Å². The number of hydrogen-bond donors (Lipinski definition) is 0. The molecule has 0 atom stereocenters. The summed E-state index contributed by atoms with van der Waals surface area (Å²) in [7, 11) is 0. The second kappa shape index (κ2) is 6.85. The van der Waals surface area contributed by atoms with E-state index in [1.807, 2.05) is 30.3 Å². The second-order valence-electron chi connectivity index (χ2n) is 4.42. The third kappa shape index (κ3) is 3.44. The Hall–Kier alpha value is -1.16. The van der Waals surface area contributed by atoms with Gasteiger partial charge in [0.2, 0.25) is 0 Å². The van der Waals surface area contributed by atoms with Gasteiger partial charge in [-0.2, -0.15) is 0 Å². The molecule has 0 unspecified atom stereocenters. The van der Waals surface area contributed by atoms with Crippen molar-refractivity contribution in [1.82, 2.24) is 4.90 Å². The van der Waals surface area contributed by atoms with Crippen molar-refractivity contribution in [3.63, 3.8) is 0 Å². The van der Waals surface area contributed by atoms with Gasteiger partial charge in [-0.1, -0.05) is 29.8 Å². The maximum absolute atomic E-state index is 8.00. The minimum atomic E-state index is 0.878. The third-order valence-corrected chi connectivity index (χ3v) is 4.63. The van der Waals surface area contributed by atoms with Gasteiger partial charge >= 0.3 is 0 Å². The zero-order valence-corrected chi connectivity index (χ0v) is 12.2. The number of rotatable bonds is 2. The van der Waals surface area contributed by atoms with Gasteiger partial charge in [-0.05, 0) is 35.1 Å². The number of hydrogen-bond acceptors (Lipinski definition) is 3. The first-order valence-electron chi connectivity index (χ1n) is 6.13. The molecule has 2 heterocycles. The van der Waals surface area contributed by atoms with Crippen LogP contribution >= 0.6 is 22.9 Å². The molecule has 0 aliphatic carbocycles. The standard InChI is InChI=1S/C14H14ClNS.CH2O/c15-13-4-2-1-3-11(13)9-16-7-5-14-12(10-16)6-8-17-14;1-2/h1-4,6,8H,5,7,9-10H2;1H2. The summed E-state index contributed by atoms with van der Waals surface area (Å²) in [4.78, 5) is 12.0. The second-order valence-corrected chi connectivity index (χ2v) is 5.83. The molecule has 3 rings (SSSR count). The van der Waals surface area contributed by atoms with E-state index in [1.165, 1.54) is 17.5 Å². The van der Waals surface area contributed by atoms with Gasteiger partial charge in [0.05, 0.1) is 0 Å². The summed E-state index contributed by atoms with van der Waals surface area (Å²) in [6.07, 6.45) is 1.18. The minimum Gasteiger partial charge on any atom is -0.307 e. The normalized spacial score (nSPS) is 14.4. The van der Waals surface area contributed by atoms with Crippen LogP contribution in [-0.4, -0.2) is 18.2 Å². The van der Waals surface area contributed by atoms with Crippen LogP contribution < -0.4 is 0 Å². The Morgan fingerprint density at radius 3 is 2.84 bits per heavy atom. The van der Waals surface area contributed by atoms with Gasteiger partial charge in [-0.3, -0.25) is 4.90 Å². The fourth-order valence-corrected chi connectivity index (χ4v) is 3.39. The Morgan fingerprint density at radius 2 is 2.05 bits per heavy atom. The fourth-order valence-electron chi connectivity index (χ4n) is 2.31. The zero-order chi connectivity index (χ0) is 13.7. The molecule has 19 heavy (non-hydrogen) atoms. The van der Waals surface area contributed by atoms with Crippen LogP contribution in [0.5, 0.6) is 0 Å². The van der Waals surface area contributed by atoms with E-state index >= 15 is 0 Å². The molecule has 0 radical (unpaired) electrons. The van der Waals surface area contributed by atoms with Crippen molar-refractivity contribution < 1.29 is 4.79 Å². The lowest BCUT2D eigenvalue weighted by atomic mass is 10.1. The van der Waals surface area contributed by atoms with E-state index in [9.17, 15) is 0 Å². The molecular weight excluding hydrogens is 278 g/mol. The van der Waals surface area contributed by atoms with Crippen LogP contribution in [0.25, 0.3) is 0 Å². The molecule has 4 heteroatoms. The van der Waals surface area contributed by atoms with Crippen LogP contribution in [0, 0.1) is 0 Å². The molecule has 0 amide bonds. The Balaban J connectivity index is 0.000000637. The van der Waals surface area contributed by atoms with Crippen LogP contribution in [-0.2, 0) is 24.3 Å². The lowest BCUT2D eigenvalue weighted by Crippen LogP contribution is -2.29. The average molecular weight is 294 g/mol. The summed E-state index contributed by atoms with van der Waals surface area (Å²) in [5.74, 6) is 0. The molecule has 0 bridgehead atoms. The van der Waals surface area contributed by atoms with Crippen molar-refractivity contribution in [2.45, 2.75) is 19.5 Å². The Labute approximate surface area is 122 Å². The number of benzene rings is 1. The van der Waals surface area contributed by atoms with Gasteiger partial charge in [0.25, 0.3) is 0 Å². The lowest BCUT2D eigenvalue weighted by molar-refractivity contribution is -0.0979. The van der Waals surface area contributed by atoms with E-state index in [4.69, 9.17) is 16.4 Å². The molecule has 1 aromatic heterocycles. The van der Waals surface area contributed by atoms with Gasteiger partial charge in [0, 0.05) is 29.5 Å². The summed E-state index contributed by atoms with van der Waals surface area (Å²) in [5, 5.41) is 3.08. The number of carbonyl (C=O) groups is 1. The van der Waals surface area contributed by atoms with Crippen LogP contribution in [0.3, 0.4) is 0 Å². The molecule has 0 spiro atoms. The molecule has 0 saturated heterocycles. The molecule has 0 N–H and O–H groups in total. The van der Waals surface area contributed by atoms with Gasteiger partial charge in [-0.25, -0.2) is 0 Å². The molecule has 1 aliphatic heterocycles. The maximum Gasteiger partial charge on any atom is 0.106 e. The SMILES string of the molecule is C=O.Clc1ccccc1CN1CCc2sccc2C1. The first-order chi connectivity index (χ1) is 9.33. The Bertz CT molecular complexity index is 540. The summed E-state index contributed by atoms with van der Waals surface area (Å²) in [6, 6.07) is 10.4. The van der Waals surface area contributed by atoms with Crippen LogP contribution in [0.15, 0.2) is 35.7 Å². The molecule has 2 aromatic rings. The summed E-state index contributed by atoms with van der Waals surface area (Å²) >= 11 is 8.08. The highest BCUT2D eigenvalue weighted by atomic mass is 35.5. The number of nitrogens with zero attached hydrogens (tertiary/aromatic N) is 1. The van der Waals surface area contributed by atoms with Crippen LogP contribution in [0.2, 0.25) is 5.02 Å². The summed E-state index contributed by atoms with van der Waals surface area (Å²) < 4.78 is 0. The summed E-state index contributed by atoms with van der Waals surface area (Å²) in [6.45, 7) is 5.15. The molecule has 100 valence electrons. The average Bonchev–Trinajstić information content (AvgIpc) is 2.91. The molecular formula is C15H16ClNOS. The minimum absolute atomic E-state index is 0.878. The largest absolute Gasteiger partial charge is 0.307 e. The van der Waals surface area contributed by atoms with E-state index in [0.717, 1.165) is 24.7 Å². The fraction of sp³-hybridized carbons (Fsp3) is 0.267. The van der Waals surface area contributed by atoms with E-state index < -0.39 is 0 Å². The van der Waals surface area contributed by atoms with Gasteiger partial charge in [0.1, 0.15) is 6.79 Å². The first-order valence-corrected chi connectivity index (χ1v) is 7.38. The first kappa shape index (κ1) is 14.3. The van der Waals surface area contributed by atoms with Crippen molar-refractivity contribution in [1.29, 1.82) is 0 Å². The number of carbonyl (C=O) groups excluding carboxylic acids is 1. The van der Waals surface area contributed by atoms with Crippen molar-refractivity contribution >= 4 is 29.7 Å². The van der Waals surface area contributed by atoms with Crippen LogP contribution in [0.1, 0.15) is 16.0 Å².